The normalized spacial score (nSPS) is 16.6. The summed E-state index contributed by atoms with van der Waals surface area (Å²) >= 11 is 0. The Labute approximate surface area is 151 Å². The first-order valence-electron chi connectivity index (χ1n) is 9.30. The van der Waals surface area contributed by atoms with Crippen molar-refractivity contribution in [2.75, 3.05) is 26.7 Å². The highest BCUT2D eigenvalue weighted by Gasteiger charge is 2.31. The fourth-order valence-corrected chi connectivity index (χ4v) is 3.28. The van der Waals surface area contributed by atoms with Crippen molar-refractivity contribution >= 4 is 11.8 Å². The SMILES string of the molecule is CCCCN(C)C(=O)C1CCN(C(=O)C(N)c2ccc(C)cc2)CC1. The van der Waals surface area contributed by atoms with Crippen molar-refractivity contribution in [1.82, 2.24) is 9.80 Å². The molecule has 1 fully saturated rings. The van der Waals surface area contributed by atoms with E-state index in [-0.39, 0.29) is 17.7 Å². The maximum Gasteiger partial charge on any atom is 0.244 e. The summed E-state index contributed by atoms with van der Waals surface area (Å²) in [6.45, 7) is 6.16. The average Bonchev–Trinajstić information content (AvgIpc) is 2.65. The van der Waals surface area contributed by atoms with Gasteiger partial charge in [0.1, 0.15) is 6.04 Å². The first kappa shape index (κ1) is 19.4. The van der Waals surface area contributed by atoms with Gasteiger partial charge < -0.3 is 15.5 Å². The Balaban J connectivity index is 1.87. The van der Waals surface area contributed by atoms with Gasteiger partial charge in [-0.2, -0.15) is 0 Å². The molecule has 1 aromatic carbocycles. The second-order valence-corrected chi connectivity index (χ2v) is 7.10. The molecule has 1 unspecified atom stereocenters. The number of likely N-dealkylation sites (tertiary alicyclic amines) is 1. The van der Waals surface area contributed by atoms with Crippen molar-refractivity contribution in [2.24, 2.45) is 11.7 Å². The standard InChI is InChI=1S/C20H31N3O2/c1-4-5-12-22(3)19(24)17-10-13-23(14-11-17)20(25)18(21)16-8-6-15(2)7-9-16/h6-9,17-18H,4-5,10-14,21H2,1-3H3. The lowest BCUT2D eigenvalue weighted by molar-refractivity contribution is -0.140. The van der Waals surface area contributed by atoms with Gasteiger partial charge in [0, 0.05) is 32.6 Å². The Hall–Kier alpha value is -1.88. The molecule has 0 radical (unpaired) electrons. The van der Waals surface area contributed by atoms with Crippen LogP contribution in [-0.4, -0.2) is 48.3 Å². The van der Waals surface area contributed by atoms with E-state index >= 15 is 0 Å². The molecule has 25 heavy (non-hydrogen) atoms. The lowest BCUT2D eigenvalue weighted by atomic mass is 9.94. The molecule has 0 bridgehead atoms. The Morgan fingerprint density at radius 3 is 2.40 bits per heavy atom. The Morgan fingerprint density at radius 1 is 1.24 bits per heavy atom. The second-order valence-electron chi connectivity index (χ2n) is 7.10. The monoisotopic (exact) mass is 345 g/mol. The van der Waals surface area contributed by atoms with Crippen molar-refractivity contribution in [1.29, 1.82) is 0 Å². The molecule has 1 aliphatic heterocycles. The Morgan fingerprint density at radius 2 is 1.84 bits per heavy atom. The van der Waals surface area contributed by atoms with Crippen LogP contribution in [0.15, 0.2) is 24.3 Å². The van der Waals surface area contributed by atoms with Gasteiger partial charge in [-0.1, -0.05) is 43.2 Å². The van der Waals surface area contributed by atoms with Crippen LogP contribution in [0.1, 0.15) is 49.8 Å². The van der Waals surface area contributed by atoms with Crippen LogP contribution in [-0.2, 0) is 9.59 Å². The fraction of sp³-hybridized carbons (Fsp3) is 0.600. The van der Waals surface area contributed by atoms with E-state index in [9.17, 15) is 9.59 Å². The summed E-state index contributed by atoms with van der Waals surface area (Å²) < 4.78 is 0. The van der Waals surface area contributed by atoms with Crippen LogP contribution in [0.5, 0.6) is 0 Å². The first-order chi connectivity index (χ1) is 11.9. The predicted octanol–water partition coefficient (Wildman–Crippen LogP) is 2.49. The maximum absolute atomic E-state index is 12.6. The number of nitrogens with zero attached hydrogens (tertiary/aromatic N) is 2. The van der Waals surface area contributed by atoms with E-state index in [1.54, 1.807) is 4.90 Å². The third-order valence-electron chi connectivity index (χ3n) is 5.08. The van der Waals surface area contributed by atoms with Crippen LogP contribution in [0, 0.1) is 12.8 Å². The van der Waals surface area contributed by atoms with Gasteiger partial charge in [0.05, 0.1) is 0 Å². The largest absolute Gasteiger partial charge is 0.346 e. The minimum Gasteiger partial charge on any atom is -0.346 e. The van der Waals surface area contributed by atoms with Crippen LogP contribution in [0.2, 0.25) is 0 Å². The number of piperidine rings is 1. The minimum absolute atomic E-state index is 0.0292. The van der Waals surface area contributed by atoms with E-state index in [0.29, 0.717) is 13.1 Å². The molecule has 0 aromatic heterocycles. The maximum atomic E-state index is 12.6. The van der Waals surface area contributed by atoms with E-state index in [2.05, 4.69) is 6.92 Å². The van der Waals surface area contributed by atoms with Gasteiger partial charge in [0.2, 0.25) is 11.8 Å². The zero-order chi connectivity index (χ0) is 18.4. The van der Waals surface area contributed by atoms with Crippen LogP contribution >= 0.6 is 0 Å². The van der Waals surface area contributed by atoms with Crippen molar-refractivity contribution in [3.8, 4) is 0 Å². The molecule has 2 amide bonds. The van der Waals surface area contributed by atoms with Crippen molar-refractivity contribution in [3.05, 3.63) is 35.4 Å². The molecule has 1 saturated heterocycles. The lowest BCUT2D eigenvalue weighted by Crippen LogP contribution is -2.46. The number of aryl methyl sites for hydroxylation is 1. The molecule has 0 saturated carbocycles. The van der Waals surface area contributed by atoms with Crippen molar-refractivity contribution in [2.45, 2.75) is 45.6 Å². The Kier molecular flexibility index (Phi) is 7.00. The molecular weight excluding hydrogens is 314 g/mol. The van der Waals surface area contributed by atoms with Crippen LogP contribution < -0.4 is 5.73 Å². The van der Waals surface area contributed by atoms with Gasteiger partial charge in [-0.15, -0.1) is 0 Å². The molecule has 0 aliphatic carbocycles. The molecule has 5 heteroatoms. The van der Waals surface area contributed by atoms with Gasteiger partial charge in [0.25, 0.3) is 0 Å². The average molecular weight is 345 g/mol. The van der Waals surface area contributed by atoms with E-state index in [0.717, 1.165) is 43.4 Å². The van der Waals surface area contributed by atoms with Crippen LogP contribution in [0.25, 0.3) is 0 Å². The molecule has 138 valence electrons. The summed E-state index contributed by atoms with van der Waals surface area (Å²) in [7, 11) is 1.88. The Bertz CT molecular complexity index is 577. The highest BCUT2D eigenvalue weighted by Crippen LogP contribution is 2.22. The number of nitrogens with two attached hydrogens (primary N) is 1. The van der Waals surface area contributed by atoms with E-state index < -0.39 is 6.04 Å². The van der Waals surface area contributed by atoms with Crippen LogP contribution in [0.4, 0.5) is 0 Å². The number of carbonyl (C=O) groups is 2. The van der Waals surface area contributed by atoms with Gasteiger partial charge in [-0.25, -0.2) is 0 Å². The quantitative estimate of drug-likeness (QED) is 0.861. The number of hydrogen-bond donors (Lipinski definition) is 1. The van der Waals surface area contributed by atoms with Crippen molar-refractivity contribution < 1.29 is 9.59 Å². The summed E-state index contributed by atoms with van der Waals surface area (Å²) in [6.07, 6.45) is 3.57. The number of rotatable bonds is 6. The molecule has 1 atom stereocenters. The molecule has 2 N–H and O–H groups in total. The summed E-state index contributed by atoms with van der Waals surface area (Å²) in [5.74, 6) is 0.193. The van der Waals surface area contributed by atoms with Gasteiger partial charge in [0.15, 0.2) is 0 Å². The van der Waals surface area contributed by atoms with Gasteiger partial charge in [-0.05, 0) is 31.7 Å². The van der Waals surface area contributed by atoms with Crippen LogP contribution in [0.3, 0.4) is 0 Å². The van der Waals surface area contributed by atoms with Gasteiger partial charge in [-0.3, -0.25) is 9.59 Å². The zero-order valence-corrected chi connectivity index (χ0v) is 15.7. The number of unbranched alkanes of at least 4 members (excludes halogenated alkanes) is 1. The minimum atomic E-state index is -0.625. The number of carbonyl (C=O) groups excluding carboxylic acids is 2. The predicted molar refractivity (Wildman–Crippen MR) is 100.0 cm³/mol. The molecular formula is C20H31N3O2. The number of hydrogen-bond acceptors (Lipinski definition) is 3. The summed E-state index contributed by atoms with van der Waals surface area (Å²) in [5, 5.41) is 0. The molecule has 2 rings (SSSR count). The van der Waals surface area contributed by atoms with Crippen molar-refractivity contribution in [3.63, 3.8) is 0 Å². The summed E-state index contributed by atoms with van der Waals surface area (Å²) in [5.41, 5.74) is 8.14. The molecule has 1 aromatic rings. The van der Waals surface area contributed by atoms with E-state index in [1.165, 1.54) is 0 Å². The fourth-order valence-electron chi connectivity index (χ4n) is 3.28. The van der Waals surface area contributed by atoms with E-state index in [4.69, 9.17) is 5.73 Å². The first-order valence-corrected chi connectivity index (χ1v) is 9.30. The molecule has 1 aliphatic rings. The molecule has 5 nitrogen and oxygen atoms in total. The smallest absolute Gasteiger partial charge is 0.244 e. The highest BCUT2D eigenvalue weighted by molar-refractivity contribution is 5.84. The van der Waals surface area contributed by atoms with Gasteiger partial charge >= 0.3 is 0 Å². The zero-order valence-electron chi connectivity index (χ0n) is 15.7. The third-order valence-corrected chi connectivity index (χ3v) is 5.08. The van der Waals surface area contributed by atoms with E-state index in [1.807, 2.05) is 43.1 Å². The molecule has 0 spiro atoms. The summed E-state index contributed by atoms with van der Waals surface area (Å²) in [4.78, 5) is 28.7. The molecule has 1 heterocycles. The number of benzene rings is 1. The number of amides is 2. The topological polar surface area (TPSA) is 66.6 Å². The third kappa shape index (κ3) is 5.05. The lowest BCUT2D eigenvalue weighted by Gasteiger charge is -2.34. The highest BCUT2D eigenvalue weighted by atomic mass is 16.2. The second kappa shape index (κ2) is 8.99. The summed E-state index contributed by atoms with van der Waals surface area (Å²) in [6, 6.07) is 7.15.